The number of halogens is 2. The highest BCUT2D eigenvalue weighted by molar-refractivity contribution is 5.63. The number of unbranched alkanes of at least 4 members (excludes halogenated alkanes) is 1. The SMILES string of the molecule is CCCCC1CCC(c2ccc(-c3ccc(F)nc3)c(F)c2)CC1. The van der Waals surface area contributed by atoms with Gasteiger partial charge in [-0.15, -0.1) is 0 Å². The minimum absolute atomic E-state index is 0.242. The quantitative estimate of drug-likeness (QED) is 0.571. The first-order valence-corrected chi connectivity index (χ1v) is 9.08. The van der Waals surface area contributed by atoms with Crippen molar-refractivity contribution < 1.29 is 8.78 Å². The number of benzene rings is 1. The van der Waals surface area contributed by atoms with Crippen molar-refractivity contribution in [1.29, 1.82) is 0 Å². The first kappa shape index (κ1) is 17.1. The highest BCUT2D eigenvalue weighted by atomic mass is 19.1. The van der Waals surface area contributed by atoms with E-state index in [1.807, 2.05) is 12.1 Å². The Labute approximate surface area is 143 Å². The standard InChI is InChI=1S/C21H25F2N/c1-2-3-4-15-5-7-16(8-6-15)17-9-11-19(20(22)13-17)18-10-12-21(23)24-14-18/h9-16H,2-8H2,1H3. The monoisotopic (exact) mass is 329 g/mol. The smallest absolute Gasteiger partial charge is 0.212 e. The molecule has 0 atom stereocenters. The van der Waals surface area contributed by atoms with Gasteiger partial charge in [-0.2, -0.15) is 4.39 Å². The van der Waals surface area contributed by atoms with Crippen molar-refractivity contribution in [2.45, 2.75) is 57.8 Å². The third kappa shape index (κ3) is 4.00. The van der Waals surface area contributed by atoms with E-state index in [2.05, 4.69) is 11.9 Å². The molecule has 128 valence electrons. The summed E-state index contributed by atoms with van der Waals surface area (Å²) in [5.41, 5.74) is 2.20. The highest BCUT2D eigenvalue weighted by Gasteiger charge is 2.22. The Hall–Kier alpha value is -1.77. The van der Waals surface area contributed by atoms with Crippen LogP contribution in [0.2, 0.25) is 0 Å². The molecule has 0 amide bonds. The molecule has 3 heteroatoms. The van der Waals surface area contributed by atoms with Crippen molar-refractivity contribution in [2.75, 3.05) is 0 Å². The molecule has 2 aromatic rings. The van der Waals surface area contributed by atoms with Gasteiger partial charge in [-0.3, -0.25) is 0 Å². The maximum absolute atomic E-state index is 14.5. The van der Waals surface area contributed by atoms with E-state index >= 15 is 0 Å². The lowest BCUT2D eigenvalue weighted by molar-refractivity contribution is 0.304. The second kappa shape index (κ2) is 7.87. The first-order valence-electron chi connectivity index (χ1n) is 9.08. The zero-order valence-corrected chi connectivity index (χ0v) is 14.3. The van der Waals surface area contributed by atoms with Crippen LogP contribution in [0.3, 0.4) is 0 Å². The van der Waals surface area contributed by atoms with E-state index in [0.717, 1.165) is 24.3 Å². The summed E-state index contributed by atoms with van der Waals surface area (Å²) in [7, 11) is 0. The first-order chi connectivity index (χ1) is 11.7. The van der Waals surface area contributed by atoms with Crippen LogP contribution in [0.5, 0.6) is 0 Å². The van der Waals surface area contributed by atoms with Crippen LogP contribution in [0.15, 0.2) is 36.5 Å². The zero-order chi connectivity index (χ0) is 16.9. The number of hydrogen-bond donors (Lipinski definition) is 0. The Balaban J connectivity index is 1.68. The van der Waals surface area contributed by atoms with Gasteiger partial charge in [0.1, 0.15) is 5.82 Å². The number of aromatic nitrogens is 1. The van der Waals surface area contributed by atoms with Crippen LogP contribution in [0.4, 0.5) is 8.78 Å². The molecule has 1 nitrogen and oxygen atoms in total. The van der Waals surface area contributed by atoms with Crippen LogP contribution >= 0.6 is 0 Å². The molecule has 3 rings (SSSR count). The van der Waals surface area contributed by atoms with Crippen LogP contribution in [0, 0.1) is 17.7 Å². The number of hydrogen-bond acceptors (Lipinski definition) is 1. The van der Waals surface area contributed by atoms with Crippen molar-refractivity contribution in [3.63, 3.8) is 0 Å². The number of pyridine rings is 1. The molecule has 0 bridgehead atoms. The van der Waals surface area contributed by atoms with Gasteiger partial charge in [0.2, 0.25) is 5.95 Å². The molecule has 1 aliphatic carbocycles. The summed E-state index contributed by atoms with van der Waals surface area (Å²) in [6.07, 6.45) is 10.2. The van der Waals surface area contributed by atoms with Crippen LogP contribution in [0.25, 0.3) is 11.1 Å². The molecule has 1 aromatic carbocycles. The van der Waals surface area contributed by atoms with Crippen molar-refractivity contribution in [3.05, 3.63) is 53.9 Å². The number of rotatable bonds is 5. The van der Waals surface area contributed by atoms with Gasteiger partial charge in [0, 0.05) is 17.3 Å². The zero-order valence-electron chi connectivity index (χ0n) is 14.3. The van der Waals surface area contributed by atoms with E-state index in [0.29, 0.717) is 17.0 Å². The summed E-state index contributed by atoms with van der Waals surface area (Å²) in [6, 6.07) is 8.33. The predicted molar refractivity (Wildman–Crippen MR) is 93.8 cm³/mol. The van der Waals surface area contributed by atoms with E-state index in [-0.39, 0.29) is 5.82 Å². The second-order valence-electron chi connectivity index (χ2n) is 6.97. The van der Waals surface area contributed by atoms with Gasteiger partial charge in [0.25, 0.3) is 0 Å². The van der Waals surface area contributed by atoms with Gasteiger partial charge in [-0.25, -0.2) is 9.37 Å². The summed E-state index contributed by atoms with van der Waals surface area (Å²) in [4.78, 5) is 3.61. The van der Waals surface area contributed by atoms with Crippen LogP contribution in [0.1, 0.15) is 63.4 Å². The molecule has 1 aliphatic rings. The molecule has 1 saturated carbocycles. The fraction of sp³-hybridized carbons (Fsp3) is 0.476. The van der Waals surface area contributed by atoms with Crippen molar-refractivity contribution >= 4 is 0 Å². The third-order valence-electron chi connectivity index (χ3n) is 5.32. The van der Waals surface area contributed by atoms with E-state index in [1.54, 1.807) is 12.1 Å². The normalized spacial score (nSPS) is 21.0. The highest BCUT2D eigenvalue weighted by Crippen LogP contribution is 2.38. The average molecular weight is 329 g/mol. The molecule has 0 spiro atoms. The molecule has 0 aliphatic heterocycles. The Morgan fingerprint density at radius 1 is 1.04 bits per heavy atom. The van der Waals surface area contributed by atoms with E-state index < -0.39 is 5.95 Å². The molecule has 1 fully saturated rings. The third-order valence-corrected chi connectivity index (χ3v) is 5.32. The lowest BCUT2D eigenvalue weighted by Gasteiger charge is -2.29. The molecule has 1 aromatic heterocycles. The summed E-state index contributed by atoms with van der Waals surface area (Å²) in [5, 5.41) is 0. The van der Waals surface area contributed by atoms with E-state index in [4.69, 9.17) is 0 Å². The average Bonchev–Trinajstić information content (AvgIpc) is 2.61. The Kier molecular flexibility index (Phi) is 5.60. The fourth-order valence-corrected chi connectivity index (χ4v) is 3.83. The molecular formula is C21H25F2N. The topological polar surface area (TPSA) is 12.9 Å². The van der Waals surface area contributed by atoms with Crippen LogP contribution in [-0.4, -0.2) is 4.98 Å². The summed E-state index contributed by atoms with van der Waals surface area (Å²) in [5.74, 6) is 0.540. The van der Waals surface area contributed by atoms with Crippen molar-refractivity contribution in [1.82, 2.24) is 4.98 Å². The van der Waals surface area contributed by atoms with E-state index in [1.165, 1.54) is 44.4 Å². The maximum Gasteiger partial charge on any atom is 0.212 e. The molecule has 1 heterocycles. The van der Waals surface area contributed by atoms with Gasteiger partial charge in [0.15, 0.2) is 0 Å². The van der Waals surface area contributed by atoms with Crippen molar-refractivity contribution in [2.24, 2.45) is 5.92 Å². The molecule has 0 N–H and O–H groups in total. The predicted octanol–water partition coefficient (Wildman–Crippen LogP) is 6.49. The minimum atomic E-state index is -0.546. The second-order valence-corrected chi connectivity index (χ2v) is 6.97. The Bertz CT molecular complexity index is 658. The summed E-state index contributed by atoms with van der Waals surface area (Å²) >= 11 is 0. The lowest BCUT2D eigenvalue weighted by Crippen LogP contribution is -2.13. The van der Waals surface area contributed by atoms with Gasteiger partial charge in [-0.05, 0) is 61.3 Å². The van der Waals surface area contributed by atoms with E-state index in [9.17, 15) is 8.78 Å². The van der Waals surface area contributed by atoms with Gasteiger partial charge < -0.3 is 0 Å². The number of nitrogens with zero attached hydrogens (tertiary/aromatic N) is 1. The maximum atomic E-state index is 14.5. The lowest BCUT2D eigenvalue weighted by atomic mass is 9.77. The largest absolute Gasteiger partial charge is 0.228 e. The molecule has 0 unspecified atom stereocenters. The molecular weight excluding hydrogens is 304 g/mol. The van der Waals surface area contributed by atoms with Gasteiger partial charge in [0.05, 0.1) is 0 Å². The van der Waals surface area contributed by atoms with Crippen LogP contribution in [-0.2, 0) is 0 Å². The van der Waals surface area contributed by atoms with Gasteiger partial charge in [-0.1, -0.05) is 38.3 Å². The summed E-state index contributed by atoms with van der Waals surface area (Å²) in [6.45, 7) is 2.24. The minimum Gasteiger partial charge on any atom is -0.228 e. The Morgan fingerprint density at radius 3 is 2.46 bits per heavy atom. The Morgan fingerprint density at radius 2 is 1.83 bits per heavy atom. The molecule has 0 radical (unpaired) electrons. The molecule has 24 heavy (non-hydrogen) atoms. The molecule has 0 saturated heterocycles. The van der Waals surface area contributed by atoms with Gasteiger partial charge >= 0.3 is 0 Å². The summed E-state index contributed by atoms with van der Waals surface area (Å²) < 4.78 is 27.4. The van der Waals surface area contributed by atoms with Crippen LogP contribution < -0.4 is 0 Å². The van der Waals surface area contributed by atoms with Crippen molar-refractivity contribution in [3.8, 4) is 11.1 Å². The fourth-order valence-electron chi connectivity index (χ4n) is 3.83.